The van der Waals surface area contributed by atoms with Crippen molar-refractivity contribution in [2.24, 2.45) is 0 Å². The van der Waals surface area contributed by atoms with Gasteiger partial charge in [-0.2, -0.15) is 0 Å². The van der Waals surface area contributed by atoms with Gasteiger partial charge in [-0.1, -0.05) is 35.5 Å². The van der Waals surface area contributed by atoms with E-state index in [1.807, 2.05) is 49.4 Å². The van der Waals surface area contributed by atoms with Crippen molar-refractivity contribution in [2.75, 3.05) is 0 Å². The van der Waals surface area contributed by atoms with Crippen LogP contribution in [0.4, 0.5) is 0 Å². The maximum Gasteiger partial charge on any atom is 0.185 e. The third-order valence-corrected chi connectivity index (χ3v) is 2.61. The SMILES string of the molecule is Cc1nccc(-c2cc(-c3ccccc3)no2)n1. The highest BCUT2D eigenvalue weighted by Gasteiger charge is 2.09. The van der Waals surface area contributed by atoms with Gasteiger partial charge in [0.2, 0.25) is 0 Å². The molecular weight excluding hydrogens is 226 g/mol. The van der Waals surface area contributed by atoms with Crippen LogP contribution in [0.15, 0.2) is 53.2 Å². The Balaban J connectivity index is 2.00. The second-order valence-corrected chi connectivity index (χ2v) is 3.93. The fourth-order valence-electron chi connectivity index (χ4n) is 1.73. The predicted molar refractivity (Wildman–Crippen MR) is 67.7 cm³/mol. The molecule has 18 heavy (non-hydrogen) atoms. The molecule has 0 radical (unpaired) electrons. The Morgan fingerprint density at radius 1 is 1.00 bits per heavy atom. The second kappa shape index (κ2) is 4.41. The minimum Gasteiger partial charge on any atom is -0.354 e. The molecule has 0 bridgehead atoms. The fourth-order valence-corrected chi connectivity index (χ4v) is 1.73. The van der Waals surface area contributed by atoms with Crippen molar-refractivity contribution in [2.45, 2.75) is 6.92 Å². The van der Waals surface area contributed by atoms with E-state index >= 15 is 0 Å². The molecule has 3 aromatic rings. The standard InChI is InChI=1S/C14H11N3O/c1-10-15-8-7-12(16-10)14-9-13(17-18-14)11-5-3-2-4-6-11/h2-9H,1H3. The summed E-state index contributed by atoms with van der Waals surface area (Å²) in [6.45, 7) is 1.85. The lowest BCUT2D eigenvalue weighted by molar-refractivity contribution is 0.433. The number of aromatic nitrogens is 3. The van der Waals surface area contributed by atoms with Crippen molar-refractivity contribution in [3.05, 3.63) is 54.5 Å². The third-order valence-electron chi connectivity index (χ3n) is 2.61. The summed E-state index contributed by atoms with van der Waals surface area (Å²) in [6.07, 6.45) is 1.71. The maximum atomic E-state index is 5.32. The molecule has 4 heteroatoms. The van der Waals surface area contributed by atoms with Crippen LogP contribution in [0.3, 0.4) is 0 Å². The lowest BCUT2D eigenvalue weighted by atomic mass is 10.1. The van der Waals surface area contributed by atoms with E-state index in [-0.39, 0.29) is 0 Å². The molecule has 0 unspecified atom stereocenters. The summed E-state index contributed by atoms with van der Waals surface area (Å²) in [7, 11) is 0. The summed E-state index contributed by atoms with van der Waals surface area (Å²) < 4.78 is 5.32. The van der Waals surface area contributed by atoms with Crippen molar-refractivity contribution in [1.29, 1.82) is 0 Å². The Labute approximate surface area is 104 Å². The van der Waals surface area contributed by atoms with Crippen LogP contribution >= 0.6 is 0 Å². The molecular formula is C14H11N3O. The van der Waals surface area contributed by atoms with Crippen LogP contribution in [0, 0.1) is 6.92 Å². The Morgan fingerprint density at radius 3 is 2.61 bits per heavy atom. The largest absolute Gasteiger partial charge is 0.354 e. The van der Waals surface area contributed by atoms with Gasteiger partial charge in [0.1, 0.15) is 17.2 Å². The van der Waals surface area contributed by atoms with Crippen molar-refractivity contribution in [3.8, 4) is 22.7 Å². The van der Waals surface area contributed by atoms with Crippen molar-refractivity contribution in [1.82, 2.24) is 15.1 Å². The van der Waals surface area contributed by atoms with E-state index in [9.17, 15) is 0 Å². The Morgan fingerprint density at radius 2 is 1.83 bits per heavy atom. The maximum absolute atomic E-state index is 5.32. The zero-order valence-electron chi connectivity index (χ0n) is 9.87. The summed E-state index contributed by atoms with van der Waals surface area (Å²) in [5, 5.41) is 4.06. The zero-order valence-corrected chi connectivity index (χ0v) is 9.87. The molecule has 0 atom stereocenters. The van der Waals surface area contributed by atoms with Crippen LogP contribution in [0.2, 0.25) is 0 Å². The second-order valence-electron chi connectivity index (χ2n) is 3.93. The number of hydrogen-bond donors (Lipinski definition) is 0. The minimum absolute atomic E-state index is 0.652. The quantitative estimate of drug-likeness (QED) is 0.687. The molecule has 0 aliphatic heterocycles. The van der Waals surface area contributed by atoms with Gasteiger partial charge in [0.15, 0.2) is 5.76 Å². The zero-order chi connectivity index (χ0) is 12.4. The van der Waals surface area contributed by atoms with E-state index in [1.165, 1.54) is 0 Å². The number of hydrogen-bond acceptors (Lipinski definition) is 4. The van der Waals surface area contributed by atoms with Crippen LogP contribution in [-0.2, 0) is 0 Å². The van der Waals surface area contributed by atoms with Crippen LogP contribution < -0.4 is 0 Å². The first-order chi connectivity index (χ1) is 8.83. The minimum atomic E-state index is 0.652. The molecule has 2 aromatic heterocycles. The molecule has 0 N–H and O–H groups in total. The van der Waals surface area contributed by atoms with Gasteiger partial charge >= 0.3 is 0 Å². The van der Waals surface area contributed by atoms with Gasteiger partial charge in [0, 0.05) is 17.8 Å². The van der Waals surface area contributed by atoms with E-state index in [2.05, 4.69) is 15.1 Å². The molecule has 0 saturated heterocycles. The lowest BCUT2D eigenvalue weighted by Gasteiger charge is -1.94. The molecule has 3 rings (SSSR count). The molecule has 4 nitrogen and oxygen atoms in total. The summed E-state index contributed by atoms with van der Waals surface area (Å²) in [6, 6.07) is 13.6. The predicted octanol–water partition coefficient (Wildman–Crippen LogP) is 3.11. The van der Waals surface area contributed by atoms with Crippen molar-refractivity contribution >= 4 is 0 Å². The summed E-state index contributed by atoms with van der Waals surface area (Å²) in [4.78, 5) is 8.36. The highest BCUT2D eigenvalue weighted by atomic mass is 16.5. The van der Waals surface area contributed by atoms with Gasteiger partial charge in [-0.05, 0) is 13.0 Å². The molecule has 88 valence electrons. The van der Waals surface area contributed by atoms with Gasteiger partial charge in [-0.15, -0.1) is 0 Å². The van der Waals surface area contributed by atoms with Gasteiger partial charge in [0.25, 0.3) is 0 Å². The molecule has 0 aliphatic rings. The van der Waals surface area contributed by atoms with Crippen molar-refractivity contribution in [3.63, 3.8) is 0 Å². The third kappa shape index (κ3) is 2.00. The van der Waals surface area contributed by atoms with Crippen LogP contribution in [-0.4, -0.2) is 15.1 Å². The molecule has 2 heterocycles. The molecule has 0 spiro atoms. The summed E-state index contributed by atoms with van der Waals surface area (Å²) in [5.74, 6) is 1.37. The number of benzene rings is 1. The first-order valence-electron chi connectivity index (χ1n) is 5.65. The Kier molecular flexibility index (Phi) is 2.61. The summed E-state index contributed by atoms with van der Waals surface area (Å²) in [5.41, 5.74) is 2.58. The van der Waals surface area contributed by atoms with Crippen LogP contribution in [0.1, 0.15) is 5.82 Å². The first kappa shape index (κ1) is 10.7. The topological polar surface area (TPSA) is 51.8 Å². The smallest absolute Gasteiger partial charge is 0.185 e. The van der Waals surface area contributed by atoms with Crippen molar-refractivity contribution < 1.29 is 4.52 Å². The molecule has 0 amide bonds. The Bertz CT molecular complexity index is 662. The fraction of sp³-hybridized carbons (Fsp3) is 0.0714. The van der Waals surface area contributed by atoms with Gasteiger partial charge in [0.05, 0.1) is 0 Å². The van der Waals surface area contributed by atoms with Crippen LogP contribution in [0.5, 0.6) is 0 Å². The monoisotopic (exact) mass is 237 g/mol. The molecule has 1 aromatic carbocycles. The highest BCUT2D eigenvalue weighted by Crippen LogP contribution is 2.24. The lowest BCUT2D eigenvalue weighted by Crippen LogP contribution is -1.88. The normalized spacial score (nSPS) is 10.5. The average Bonchev–Trinajstić information content (AvgIpc) is 2.89. The van der Waals surface area contributed by atoms with E-state index in [4.69, 9.17) is 4.52 Å². The van der Waals surface area contributed by atoms with Gasteiger partial charge in [-0.3, -0.25) is 0 Å². The first-order valence-corrected chi connectivity index (χ1v) is 5.65. The van der Waals surface area contributed by atoms with E-state index in [0.717, 1.165) is 17.0 Å². The molecule has 0 fully saturated rings. The van der Waals surface area contributed by atoms with Gasteiger partial charge in [-0.25, -0.2) is 9.97 Å². The van der Waals surface area contributed by atoms with E-state index < -0.39 is 0 Å². The number of nitrogens with zero attached hydrogens (tertiary/aromatic N) is 3. The van der Waals surface area contributed by atoms with E-state index in [1.54, 1.807) is 6.20 Å². The van der Waals surface area contributed by atoms with E-state index in [0.29, 0.717) is 11.6 Å². The molecule has 0 saturated carbocycles. The van der Waals surface area contributed by atoms with Crippen LogP contribution in [0.25, 0.3) is 22.7 Å². The number of aryl methyl sites for hydroxylation is 1. The number of rotatable bonds is 2. The average molecular weight is 237 g/mol. The van der Waals surface area contributed by atoms with Gasteiger partial charge < -0.3 is 4.52 Å². The Hall–Kier alpha value is -2.49. The summed E-state index contributed by atoms with van der Waals surface area (Å²) >= 11 is 0. The molecule has 0 aliphatic carbocycles. The highest BCUT2D eigenvalue weighted by molar-refractivity contribution is 5.64.